The molecule has 5 aromatic rings. The van der Waals surface area contributed by atoms with E-state index in [9.17, 15) is 14.7 Å². The van der Waals surface area contributed by atoms with E-state index in [1.165, 1.54) is 6.20 Å². The highest BCUT2D eigenvalue weighted by molar-refractivity contribution is 6.01. The van der Waals surface area contributed by atoms with Crippen LogP contribution in [0.1, 0.15) is 25.8 Å². The summed E-state index contributed by atoms with van der Waals surface area (Å²) in [5, 5.41) is 11.2. The van der Waals surface area contributed by atoms with Crippen LogP contribution in [0.5, 0.6) is 0 Å². The molecule has 10 nitrogen and oxygen atoms in total. The van der Waals surface area contributed by atoms with Gasteiger partial charge >= 0.3 is 5.69 Å². The van der Waals surface area contributed by atoms with Gasteiger partial charge in [0.15, 0.2) is 0 Å². The minimum Gasteiger partial charge on any atom is -0.387 e. The molecule has 0 aromatic carbocycles. The molecule has 1 aliphatic heterocycles. The Labute approximate surface area is 205 Å². The molecule has 0 amide bonds. The third-order valence-corrected chi connectivity index (χ3v) is 7.02. The number of fused-ring (bicyclic) bond motifs is 4. The Bertz CT molecular complexity index is 1760. The van der Waals surface area contributed by atoms with Crippen molar-refractivity contribution >= 4 is 33.0 Å². The molecule has 0 bridgehead atoms. The maximum atomic E-state index is 13.2. The number of aromatic nitrogens is 6. The van der Waals surface area contributed by atoms with Crippen molar-refractivity contribution in [1.29, 1.82) is 0 Å². The van der Waals surface area contributed by atoms with E-state index in [1.54, 1.807) is 17.7 Å². The number of nitrogens with zero attached hydrogens (tertiary/aromatic N) is 5. The fourth-order valence-electron chi connectivity index (χ4n) is 5.05. The number of nitrogens with one attached hydrogen (secondary N) is 2. The molecule has 0 spiro atoms. The number of H-pyrrole nitrogens is 2. The Morgan fingerprint density at radius 3 is 2.75 bits per heavy atom. The Balaban J connectivity index is 1.51. The van der Waals surface area contributed by atoms with Gasteiger partial charge in [-0.3, -0.25) is 19.3 Å². The smallest absolute Gasteiger partial charge is 0.329 e. The van der Waals surface area contributed by atoms with Crippen molar-refractivity contribution < 1.29 is 5.11 Å². The number of piperidine rings is 1. The number of aliphatic hydroxyl groups excluding tert-OH is 1. The van der Waals surface area contributed by atoms with Gasteiger partial charge in [-0.15, -0.1) is 0 Å². The summed E-state index contributed by atoms with van der Waals surface area (Å²) in [4.78, 5) is 47.3. The third kappa shape index (κ3) is 3.57. The van der Waals surface area contributed by atoms with Gasteiger partial charge in [-0.25, -0.2) is 14.8 Å². The molecule has 0 saturated carbocycles. The normalized spacial score (nSPS) is 15.7. The molecule has 0 radical (unpaired) electrons. The molecule has 5 aromatic heterocycles. The number of pyridine rings is 3. The SMILES string of the molecule is C=C([C@H](C)O)N1CCC(n2c(=O)[nH]c(=O)c3cnc4ccc(-c5cnc6[nH]ccc6c5)nc4c32)CC1. The standard InChI is InChI=1S/C26H25N7O3/c1-14(15(2)34)32-9-6-18(7-10-32)33-23-19(25(35)31-26(33)36)13-28-21-4-3-20(30-22(21)23)17-11-16-5-8-27-24(16)29-12-17/h3-5,8,11-13,15,18,34H,1,6-7,9-10H2,2H3,(H,27,29)(H,31,35,36)/t15-/m0/s1. The lowest BCUT2D eigenvalue weighted by Gasteiger charge is -2.36. The first kappa shape index (κ1) is 22.2. The number of hydrogen-bond acceptors (Lipinski definition) is 7. The van der Waals surface area contributed by atoms with E-state index in [2.05, 4.69) is 26.5 Å². The van der Waals surface area contributed by atoms with Crippen LogP contribution in [0.2, 0.25) is 0 Å². The second kappa shape index (κ2) is 8.42. The van der Waals surface area contributed by atoms with Crippen LogP contribution < -0.4 is 11.2 Å². The van der Waals surface area contributed by atoms with Crippen molar-refractivity contribution in [3.05, 3.63) is 76.0 Å². The van der Waals surface area contributed by atoms with Crippen LogP contribution in [-0.2, 0) is 0 Å². The van der Waals surface area contributed by atoms with Gasteiger partial charge in [-0.2, -0.15) is 0 Å². The maximum absolute atomic E-state index is 13.2. The highest BCUT2D eigenvalue weighted by Gasteiger charge is 2.26. The molecule has 1 atom stereocenters. The summed E-state index contributed by atoms with van der Waals surface area (Å²) >= 11 is 0. The second-order valence-corrected chi connectivity index (χ2v) is 9.24. The fourth-order valence-corrected chi connectivity index (χ4v) is 5.05. The summed E-state index contributed by atoms with van der Waals surface area (Å²) in [6.45, 7) is 6.97. The Kier molecular flexibility index (Phi) is 5.18. The van der Waals surface area contributed by atoms with Crippen molar-refractivity contribution in [2.24, 2.45) is 0 Å². The number of aromatic amines is 2. The zero-order valence-electron chi connectivity index (χ0n) is 19.7. The summed E-state index contributed by atoms with van der Waals surface area (Å²) in [6.07, 6.45) is 5.77. The number of hydrogen-bond donors (Lipinski definition) is 3. The van der Waals surface area contributed by atoms with Gasteiger partial charge in [0.25, 0.3) is 5.56 Å². The van der Waals surface area contributed by atoms with Crippen molar-refractivity contribution in [1.82, 2.24) is 34.4 Å². The van der Waals surface area contributed by atoms with Crippen LogP contribution >= 0.6 is 0 Å². The van der Waals surface area contributed by atoms with Gasteiger partial charge in [-0.1, -0.05) is 6.58 Å². The first-order valence-electron chi connectivity index (χ1n) is 11.9. The van der Waals surface area contributed by atoms with Crippen molar-refractivity contribution in [2.75, 3.05) is 13.1 Å². The molecule has 1 aliphatic rings. The first-order valence-corrected chi connectivity index (χ1v) is 11.9. The molecule has 3 N–H and O–H groups in total. The Hall–Kier alpha value is -4.31. The van der Waals surface area contributed by atoms with Crippen molar-refractivity contribution in [3.63, 3.8) is 0 Å². The average Bonchev–Trinajstić information content (AvgIpc) is 3.36. The molecule has 182 valence electrons. The van der Waals surface area contributed by atoms with Gasteiger partial charge in [0.05, 0.1) is 28.2 Å². The average molecular weight is 484 g/mol. The zero-order valence-corrected chi connectivity index (χ0v) is 19.7. The number of aliphatic hydroxyl groups is 1. The molecular formula is C26H25N7O3. The molecule has 6 rings (SSSR count). The van der Waals surface area contributed by atoms with Crippen LogP contribution in [0, 0.1) is 0 Å². The minimum atomic E-state index is -0.629. The molecular weight excluding hydrogens is 458 g/mol. The first-order chi connectivity index (χ1) is 17.4. The van der Waals surface area contributed by atoms with Gasteiger partial charge < -0.3 is 15.0 Å². The monoisotopic (exact) mass is 483 g/mol. The van der Waals surface area contributed by atoms with E-state index in [0.717, 1.165) is 16.6 Å². The summed E-state index contributed by atoms with van der Waals surface area (Å²) in [5.41, 5.74) is 3.59. The molecule has 6 heterocycles. The number of likely N-dealkylation sites (tertiary alicyclic amines) is 1. The van der Waals surface area contributed by atoms with E-state index in [0.29, 0.717) is 59.3 Å². The lowest BCUT2D eigenvalue weighted by atomic mass is 10.0. The quantitative estimate of drug-likeness (QED) is 0.335. The molecule has 0 aliphatic carbocycles. The summed E-state index contributed by atoms with van der Waals surface area (Å²) in [6, 6.07) is 7.51. The van der Waals surface area contributed by atoms with E-state index in [-0.39, 0.29) is 6.04 Å². The Morgan fingerprint density at radius 1 is 1.17 bits per heavy atom. The fraction of sp³-hybridized carbons (Fsp3) is 0.269. The largest absolute Gasteiger partial charge is 0.387 e. The topological polar surface area (TPSA) is 133 Å². The maximum Gasteiger partial charge on any atom is 0.329 e. The van der Waals surface area contributed by atoms with Crippen LogP contribution in [0.25, 0.3) is 44.2 Å². The second-order valence-electron chi connectivity index (χ2n) is 9.24. The predicted molar refractivity (Wildman–Crippen MR) is 138 cm³/mol. The summed E-state index contributed by atoms with van der Waals surface area (Å²) < 4.78 is 1.66. The van der Waals surface area contributed by atoms with Crippen LogP contribution in [0.3, 0.4) is 0 Å². The highest BCUT2D eigenvalue weighted by Crippen LogP contribution is 2.30. The molecule has 0 unspecified atom stereocenters. The van der Waals surface area contributed by atoms with Crippen LogP contribution in [-0.4, -0.2) is 58.7 Å². The van der Waals surface area contributed by atoms with Crippen molar-refractivity contribution in [3.8, 4) is 11.3 Å². The van der Waals surface area contributed by atoms with Gasteiger partial charge in [-0.05, 0) is 44.0 Å². The highest BCUT2D eigenvalue weighted by atomic mass is 16.3. The molecule has 36 heavy (non-hydrogen) atoms. The van der Waals surface area contributed by atoms with Crippen LogP contribution in [0.4, 0.5) is 0 Å². The van der Waals surface area contributed by atoms with Crippen molar-refractivity contribution in [2.45, 2.75) is 31.9 Å². The zero-order chi connectivity index (χ0) is 25.0. The Morgan fingerprint density at radius 2 is 1.97 bits per heavy atom. The number of rotatable bonds is 4. The summed E-state index contributed by atoms with van der Waals surface area (Å²) in [7, 11) is 0. The minimum absolute atomic E-state index is 0.149. The van der Waals surface area contributed by atoms with Gasteiger partial charge in [0.2, 0.25) is 0 Å². The predicted octanol–water partition coefficient (Wildman–Crippen LogP) is 2.71. The van der Waals surface area contributed by atoms with E-state index < -0.39 is 17.4 Å². The van der Waals surface area contributed by atoms with E-state index >= 15 is 0 Å². The molecule has 10 heteroatoms. The lowest BCUT2D eigenvalue weighted by Crippen LogP contribution is -2.40. The molecule has 1 fully saturated rings. The van der Waals surface area contributed by atoms with Gasteiger partial charge in [0, 0.05) is 54.4 Å². The van der Waals surface area contributed by atoms with Gasteiger partial charge in [0.1, 0.15) is 11.2 Å². The summed E-state index contributed by atoms with van der Waals surface area (Å²) in [5.74, 6) is 0. The van der Waals surface area contributed by atoms with E-state index in [4.69, 9.17) is 4.98 Å². The molecule has 1 saturated heterocycles. The van der Waals surface area contributed by atoms with Crippen LogP contribution in [0.15, 0.2) is 64.7 Å². The third-order valence-electron chi connectivity index (χ3n) is 7.02. The lowest BCUT2D eigenvalue weighted by molar-refractivity contribution is 0.151. The van der Waals surface area contributed by atoms with E-state index in [1.807, 2.05) is 35.4 Å².